The first-order chi connectivity index (χ1) is 9.55. The summed E-state index contributed by atoms with van der Waals surface area (Å²) in [5.41, 5.74) is 7.99. The average molecular weight is 400 g/mol. The summed E-state index contributed by atoms with van der Waals surface area (Å²) in [6, 6.07) is 5.98. The maximum atomic E-state index is 5.89. The van der Waals surface area contributed by atoms with Gasteiger partial charge in [-0.25, -0.2) is 4.98 Å². The van der Waals surface area contributed by atoms with Gasteiger partial charge in [0.2, 0.25) is 0 Å². The quantitative estimate of drug-likeness (QED) is 0.612. The van der Waals surface area contributed by atoms with Crippen LogP contribution in [0.4, 0.5) is 0 Å². The number of ether oxygens (including phenoxy) is 1. The van der Waals surface area contributed by atoms with Gasteiger partial charge in [-0.3, -0.25) is 0 Å². The van der Waals surface area contributed by atoms with E-state index in [9.17, 15) is 0 Å². The summed E-state index contributed by atoms with van der Waals surface area (Å²) in [6.07, 6.45) is 4.16. The molecule has 0 aliphatic carbocycles. The molecule has 1 heterocycles. The third-order valence-electron chi connectivity index (χ3n) is 2.88. The molecule has 5 heteroatoms. The van der Waals surface area contributed by atoms with Crippen molar-refractivity contribution < 1.29 is 4.74 Å². The highest BCUT2D eigenvalue weighted by Gasteiger charge is 2.09. The number of hydrogen-bond donors (Lipinski definition) is 1. The van der Waals surface area contributed by atoms with Crippen LogP contribution in [0.1, 0.15) is 18.9 Å². The molecule has 0 fully saturated rings. The van der Waals surface area contributed by atoms with Crippen LogP contribution >= 0.6 is 33.9 Å². The zero-order valence-corrected chi connectivity index (χ0v) is 14.7. The third-order valence-corrected chi connectivity index (χ3v) is 5.24. The van der Waals surface area contributed by atoms with Crippen molar-refractivity contribution in [1.82, 2.24) is 4.98 Å². The first-order valence-electron chi connectivity index (χ1n) is 6.29. The molecule has 1 aromatic carbocycles. The van der Waals surface area contributed by atoms with Crippen molar-refractivity contribution in [3.63, 3.8) is 0 Å². The van der Waals surface area contributed by atoms with Gasteiger partial charge in [-0.2, -0.15) is 0 Å². The van der Waals surface area contributed by atoms with E-state index in [4.69, 9.17) is 10.5 Å². The molecular formula is C15H17IN2OS. The van der Waals surface area contributed by atoms with E-state index in [1.807, 2.05) is 32.0 Å². The monoisotopic (exact) mass is 400 g/mol. The maximum Gasteiger partial charge on any atom is 0.124 e. The van der Waals surface area contributed by atoms with Gasteiger partial charge in [0, 0.05) is 15.2 Å². The fraction of sp³-hybridized carbons (Fsp3) is 0.267. The van der Waals surface area contributed by atoms with E-state index >= 15 is 0 Å². The number of methoxy groups -OCH3 is 1. The molecule has 2 aromatic rings. The summed E-state index contributed by atoms with van der Waals surface area (Å²) in [4.78, 5) is 4.68. The molecule has 2 N–H and O–H groups in total. The number of thiazole rings is 1. The van der Waals surface area contributed by atoms with Gasteiger partial charge >= 0.3 is 0 Å². The summed E-state index contributed by atoms with van der Waals surface area (Å²) in [7, 11) is 1.67. The molecule has 0 amide bonds. The molecular weight excluding hydrogens is 383 g/mol. The zero-order valence-electron chi connectivity index (χ0n) is 11.7. The summed E-state index contributed by atoms with van der Waals surface area (Å²) < 4.78 is 7.49. The first-order valence-corrected chi connectivity index (χ1v) is 8.18. The van der Waals surface area contributed by atoms with Crippen molar-refractivity contribution in [1.29, 1.82) is 0 Å². The van der Waals surface area contributed by atoms with Crippen LogP contribution in [0.5, 0.6) is 5.75 Å². The molecule has 1 unspecified atom stereocenters. The predicted octanol–water partition coefficient (Wildman–Crippen LogP) is 4.37. The van der Waals surface area contributed by atoms with Crippen LogP contribution in [-0.2, 0) is 0 Å². The van der Waals surface area contributed by atoms with Crippen LogP contribution in [0.3, 0.4) is 0 Å². The van der Waals surface area contributed by atoms with Crippen LogP contribution in [0.2, 0.25) is 0 Å². The fourth-order valence-electron chi connectivity index (χ4n) is 1.70. The molecule has 0 spiro atoms. The summed E-state index contributed by atoms with van der Waals surface area (Å²) in [5, 5.41) is 1.01. The van der Waals surface area contributed by atoms with Crippen LogP contribution in [0.25, 0.3) is 15.8 Å². The second-order valence-electron chi connectivity index (χ2n) is 4.41. The van der Waals surface area contributed by atoms with E-state index in [2.05, 4.69) is 39.7 Å². The van der Waals surface area contributed by atoms with Crippen molar-refractivity contribution in [3.05, 3.63) is 38.9 Å². The van der Waals surface area contributed by atoms with Crippen LogP contribution in [0, 0.1) is 0 Å². The Morgan fingerprint density at radius 3 is 2.85 bits per heavy atom. The van der Waals surface area contributed by atoms with E-state index in [-0.39, 0.29) is 6.04 Å². The van der Waals surface area contributed by atoms with Crippen LogP contribution in [-0.4, -0.2) is 18.1 Å². The number of fused-ring (bicyclic) bond motifs is 1. The lowest BCUT2D eigenvalue weighted by Gasteiger charge is -2.04. The van der Waals surface area contributed by atoms with E-state index < -0.39 is 0 Å². The molecule has 1 aromatic heterocycles. The lowest BCUT2D eigenvalue weighted by molar-refractivity contribution is 0.415. The van der Waals surface area contributed by atoms with Gasteiger partial charge in [0.05, 0.1) is 17.3 Å². The maximum absolute atomic E-state index is 5.89. The molecule has 0 saturated heterocycles. The Hall–Kier alpha value is -0.920. The zero-order chi connectivity index (χ0) is 14.7. The molecule has 20 heavy (non-hydrogen) atoms. The number of nitrogens with two attached hydrogens (primary N) is 1. The second kappa shape index (κ2) is 6.69. The number of aromatic nitrogens is 1. The van der Waals surface area contributed by atoms with Gasteiger partial charge < -0.3 is 10.5 Å². The Kier molecular flexibility index (Phi) is 5.17. The molecule has 1 atom stereocenters. The van der Waals surface area contributed by atoms with E-state index in [1.54, 1.807) is 18.4 Å². The van der Waals surface area contributed by atoms with E-state index in [0.717, 1.165) is 30.1 Å². The van der Waals surface area contributed by atoms with Crippen molar-refractivity contribution in [2.75, 3.05) is 7.11 Å². The Labute approximate surface area is 136 Å². The highest BCUT2D eigenvalue weighted by molar-refractivity contribution is 14.1. The standard InChI is InChI=1S/C15H17IN2OS/c1-4-10(7-12(16)9(2)17)15-18-13-6-5-11(19-3)8-14(13)20-15/h4-9H,17H2,1-3H3/b10-4+,12-7+. The largest absolute Gasteiger partial charge is 0.497 e. The van der Waals surface area contributed by atoms with Crippen LogP contribution in [0.15, 0.2) is 33.9 Å². The highest BCUT2D eigenvalue weighted by atomic mass is 127. The Balaban J connectivity index is 2.43. The highest BCUT2D eigenvalue weighted by Crippen LogP contribution is 2.31. The second-order valence-corrected chi connectivity index (χ2v) is 6.69. The predicted molar refractivity (Wildman–Crippen MR) is 95.6 cm³/mol. The van der Waals surface area contributed by atoms with Gasteiger partial charge in [0.1, 0.15) is 10.8 Å². The molecule has 0 saturated carbocycles. The SMILES string of the molecule is C/C=C(\C=C(\I)C(C)N)c1nc2ccc(OC)cc2s1. The van der Waals surface area contributed by atoms with Gasteiger partial charge in [-0.1, -0.05) is 6.08 Å². The minimum absolute atomic E-state index is 0.0417. The number of benzene rings is 1. The van der Waals surface area contributed by atoms with Gasteiger partial charge in [0.25, 0.3) is 0 Å². The van der Waals surface area contributed by atoms with Gasteiger partial charge in [-0.05, 0) is 60.7 Å². The van der Waals surface area contributed by atoms with E-state index in [0.29, 0.717) is 0 Å². The Morgan fingerprint density at radius 2 is 2.25 bits per heavy atom. The molecule has 0 radical (unpaired) electrons. The Morgan fingerprint density at radius 1 is 1.50 bits per heavy atom. The van der Waals surface area contributed by atoms with Crippen LogP contribution < -0.4 is 10.5 Å². The fourth-order valence-corrected chi connectivity index (χ4v) is 3.08. The number of nitrogens with zero attached hydrogens (tertiary/aromatic N) is 1. The van der Waals surface area contributed by atoms with E-state index in [1.165, 1.54) is 0 Å². The van der Waals surface area contributed by atoms with Crippen molar-refractivity contribution in [2.45, 2.75) is 19.9 Å². The lowest BCUT2D eigenvalue weighted by Crippen LogP contribution is -2.14. The van der Waals surface area contributed by atoms with Crippen molar-refractivity contribution in [2.24, 2.45) is 5.73 Å². The molecule has 0 bridgehead atoms. The lowest BCUT2D eigenvalue weighted by atomic mass is 10.2. The molecule has 2 rings (SSSR count). The number of allylic oxidation sites excluding steroid dienone is 3. The normalized spacial score (nSPS) is 14.7. The topological polar surface area (TPSA) is 48.1 Å². The van der Waals surface area contributed by atoms with Crippen molar-refractivity contribution >= 4 is 49.7 Å². The first kappa shape index (κ1) is 15.5. The van der Waals surface area contributed by atoms with Gasteiger partial charge in [-0.15, -0.1) is 11.3 Å². The number of hydrogen-bond acceptors (Lipinski definition) is 4. The van der Waals surface area contributed by atoms with Gasteiger partial charge in [0.15, 0.2) is 0 Å². The average Bonchev–Trinajstić information content (AvgIpc) is 2.86. The Bertz CT molecular complexity index is 674. The molecule has 0 aliphatic heterocycles. The molecule has 0 aliphatic rings. The molecule has 106 valence electrons. The van der Waals surface area contributed by atoms with Crippen molar-refractivity contribution in [3.8, 4) is 5.75 Å². The number of rotatable bonds is 4. The molecule has 3 nitrogen and oxygen atoms in total. The minimum atomic E-state index is 0.0417. The summed E-state index contributed by atoms with van der Waals surface area (Å²) in [6.45, 7) is 4.00. The minimum Gasteiger partial charge on any atom is -0.497 e. The smallest absolute Gasteiger partial charge is 0.124 e. The number of halogens is 1. The third kappa shape index (κ3) is 3.39. The summed E-state index contributed by atoms with van der Waals surface area (Å²) >= 11 is 3.94. The summed E-state index contributed by atoms with van der Waals surface area (Å²) in [5.74, 6) is 0.857.